The first-order valence-electron chi connectivity index (χ1n) is 5.15. The Hall–Kier alpha value is -1.94. The van der Waals surface area contributed by atoms with Crippen molar-refractivity contribution in [3.8, 4) is 11.5 Å². The van der Waals surface area contributed by atoms with Crippen LogP contribution in [0.1, 0.15) is 0 Å². The molecule has 0 atom stereocenters. The largest absolute Gasteiger partial charge is 0.435 e. The molecule has 18 heavy (non-hydrogen) atoms. The summed E-state index contributed by atoms with van der Waals surface area (Å²) < 4.78 is 31.6. The van der Waals surface area contributed by atoms with Gasteiger partial charge in [-0.3, -0.25) is 0 Å². The van der Waals surface area contributed by atoms with E-state index >= 15 is 0 Å². The highest BCUT2D eigenvalue weighted by molar-refractivity contribution is 6.34. The second-order valence-corrected chi connectivity index (χ2v) is 4.17. The zero-order chi connectivity index (χ0) is 12.7. The van der Waals surface area contributed by atoms with E-state index in [1.54, 1.807) is 18.2 Å². The Morgan fingerprint density at radius 1 is 1.06 bits per heavy atom. The minimum Gasteiger partial charge on any atom is -0.435 e. The molecule has 3 aromatic rings. The van der Waals surface area contributed by atoms with Gasteiger partial charge in [0, 0.05) is 11.6 Å². The minimum absolute atomic E-state index is 0.136. The molecule has 0 unspecified atom stereocenters. The smallest absolute Gasteiger partial charge is 0.227 e. The van der Waals surface area contributed by atoms with Gasteiger partial charge >= 0.3 is 0 Å². The molecule has 1 aromatic heterocycles. The molecule has 2 nitrogen and oxygen atoms in total. The maximum absolute atomic E-state index is 13.1. The number of fused-ring (bicyclic) bond motifs is 1. The third kappa shape index (κ3) is 1.84. The van der Waals surface area contributed by atoms with Crippen LogP contribution in [0, 0.1) is 11.6 Å². The van der Waals surface area contributed by atoms with E-state index in [4.69, 9.17) is 16.0 Å². The van der Waals surface area contributed by atoms with Crippen LogP contribution in [-0.2, 0) is 0 Å². The van der Waals surface area contributed by atoms with Gasteiger partial charge in [0.15, 0.2) is 5.58 Å². The maximum atomic E-state index is 13.1. The molecule has 2 aromatic carbocycles. The fourth-order valence-corrected chi connectivity index (χ4v) is 1.92. The van der Waals surface area contributed by atoms with Gasteiger partial charge in [0.05, 0.1) is 5.02 Å². The van der Waals surface area contributed by atoms with E-state index in [1.807, 2.05) is 0 Å². The minimum atomic E-state index is -0.682. The van der Waals surface area contributed by atoms with Crippen molar-refractivity contribution < 1.29 is 13.2 Å². The van der Waals surface area contributed by atoms with Gasteiger partial charge in [-0.2, -0.15) is 0 Å². The molecule has 0 bridgehead atoms. The highest BCUT2D eigenvalue weighted by Crippen LogP contribution is 2.29. The van der Waals surface area contributed by atoms with Crippen molar-refractivity contribution >= 4 is 22.7 Å². The van der Waals surface area contributed by atoms with Crippen molar-refractivity contribution in [3.63, 3.8) is 0 Å². The van der Waals surface area contributed by atoms with Gasteiger partial charge in [-0.1, -0.05) is 17.7 Å². The fraction of sp³-hybridized carbons (Fsp3) is 0. The molecule has 0 fully saturated rings. The lowest BCUT2D eigenvalue weighted by Gasteiger charge is -1.96. The molecule has 0 saturated heterocycles. The predicted molar refractivity (Wildman–Crippen MR) is 64.4 cm³/mol. The number of aromatic nitrogens is 1. The molecular formula is C13H6ClF2NO. The molecule has 0 N–H and O–H groups in total. The lowest BCUT2D eigenvalue weighted by molar-refractivity contribution is 0.578. The summed E-state index contributed by atoms with van der Waals surface area (Å²) in [6.07, 6.45) is 0. The van der Waals surface area contributed by atoms with Crippen LogP contribution in [0.3, 0.4) is 0 Å². The molecule has 0 aliphatic rings. The number of oxazole rings is 1. The van der Waals surface area contributed by atoms with Crippen LogP contribution >= 0.6 is 11.6 Å². The molecule has 0 amide bonds. The summed E-state index contributed by atoms with van der Waals surface area (Å²) in [4.78, 5) is 4.14. The van der Waals surface area contributed by atoms with Crippen molar-refractivity contribution in [1.29, 1.82) is 0 Å². The Morgan fingerprint density at radius 3 is 2.44 bits per heavy atom. The number of hydrogen-bond donors (Lipinski definition) is 0. The van der Waals surface area contributed by atoms with Crippen molar-refractivity contribution in [2.75, 3.05) is 0 Å². The SMILES string of the molecule is Fc1cc(F)cc(-c2nc3cccc(Cl)c3o2)c1. The summed E-state index contributed by atoms with van der Waals surface area (Å²) in [7, 11) is 0. The van der Waals surface area contributed by atoms with Crippen LogP contribution in [0.2, 0.25) is 5.02 Å². The first-order valence-corrected chi connectivity index (χ1v) is 5.53. The van der Waals surface area contributed by atoms with Gasteiger partial charge in [0.2, 0.25) is 5.89 Å². The molecule has 0 aliphatic heterocycles. The van der Waals surface area contributed by atoms with Crippen molar-refractivity contribution in [1.82, 2.24) is 4.98 Å². The predicted octanol–water partition coefficient (Wildman–Crippen LogP) is 4.43. The Morgan fingerprint density at radius 2 is 1.78 bits per heavy atom. The molecular weight excluding hydrogens is 260 g/mol. The van der Waals surface area contributed by atoms with Crippen LogP contribution < -0.4 is 0 Å². The Bertz CT molecular complexity index is 719. The number of halogens is 3. The Balaban J connectivity index is 2.22. The highest BCUT2D eigenvalue weighted by atomic mass is 35.5. The van der Waals surface area contributed by atoms with E-state index in [0.717, 1.165) is 18.2 Å². The van der Waals surface area contributed by atoms with E-state index in [9.17, 15) is 8.78 Å². The molecule has 1 heterocycles. The normalized spacial score (nSPS) is 11.1. The molecule has 0 aliphatic carbocycles. The first kappa shape index (κ1) is 11.2. The van der Waals surface area contributed by atoms with E-state index in [2.05, 4.69) is 4.98 Å². The second kappa shape index (κ2) is 4.07. The first-order chi connectivity index (χ1) is 8.63. The number of rotatable bonds is 1. The average Bonchev–Trinajstić information content (AvgIpc) is 2.73. The summed E-state index contributed by atoms with van der Waals surface area (Å²) in [6.45, 7) is 0. The third-order valence-electron chi connectivity index (χ3n) is 2.48. The lowest BCUT2D eigenvalue weighted by Crippen LogP contribution is -1.83. The van der Waals surface area contributed by atoms with Crippen molar-refractivity contribution in [2.24, 2.45) is 0 Å². The Kier molecular flexibility index (Phi) is 2.52. The molecule has 5 heteroatoms. The number of hydrogen-bond acceptors (Lipinski definition) is 2. The molecule has 0 radical (unpaired) electrons. The summed E-state index contributed by atoms with van der Waals surface area (Å²) >= 11 is 5.94. The summed E-state index contributed by atoms with van der Waals surface area (Å²) in [6, 6.07) is 8.19. The van der Waals surface area contributed by atoms with Gasteiger partial charge in [0.25, 0.3) is 0 Å². The summed E-state index contributed by atoms with van der Waals surface area (Å²) in [5, 5.41) is 0.406. The zero-order valence-corrected chi connectivity index (χ0v) is 9.71. The molecule has 3 rings (SSSR count). The van der Waals surface area contributed by atoms with Crippen LogP contribution in [0.5, 0.6) is 0 Å². The van der Waals surface area contributed by atoms with Crippen molar-refractivity contribution in [3.05, 3.63) is 53.1 Å². The van der Waals surface area contributed by atoms with Crippen LogP contribution in [0.25, 0.3) is 22.6 Å². The number of nitrogens with zero attached hydrogens (tertiary/aromatic N) is 1. The fourth-order valence-electron chi connectivity index (χ4n) is 1.72. The van der Waals surface area contributed by atoms with E-state index in [0.29, 0.717) is 16.1 Å². The maximum Gasteiger partial charge on any atom is 0.227 e. The van der Waals surface area contributed by atoms with Crippen LogP contribution in [-0.4, -0.2) is 4.98 Å². The third-order valence-corrected chi connectivity index (χ3v) is 2.77. The summed E-state index contributed by atoms with van der Waals surface area (Å²) in [5.41, 5.74) is 1.18. The average molecular weight is 266 g/mol. The zero-order valence-electron chi connectivity index (χ0n) is 8.95. The highest BCUT2D eigenvalue weighted by Gasteiger charge is 2.12. The van der Waals surface area contributed by atoms with E-state index < -0.39 is 11.6 Å². The monoisotopic (exact) mass is 265 g/mol. The van der Waals surface area contributed by atoms with Crippen molar-refractivity contribution in [2.45, 2.75) is 0 Å². The van der Waals surface area contributed by atoms with Crippen LogP contribution in [0.4, 0.5) is 8.78 Å². The van der Waals surface area contributed by atoms with Gasteiger partial charge in [-0.15, -0.1) is 0 Å². The number of benzene rings is 2. The standard InChI is InChI=1S/C13H6ClF2NO/c14-10-2-1-3-11-12(10)18-13(17-11)7-4-8(15)6-9(16)5-7/h1-6H. The quantitative estimate of drug-likeness (QED) is 0.651. The van der Waals surface area contributed by atoms with Gasteiger partial charge < -0.3 is 4.42 Å². The van der Waals surface area contributed by atoms with E-state index in [-0.39, 0.29) is 11.5 Å². The molecule has 0 spiro atoms. The lowest BCUT2D eigenvalue weighted by atomic mass is 10.2. The molecule has 90 valence electrons. The van der Waals surface area contributed by atoms with Gasteiger partial charge in [-0.05, 0) is 24.3 Å². The van der Waals surface area contributed by atoms with Gasteiger partial charge in [-0.25, -0.2) is 13.8 Å². The summed E-state index contributed by atoms with van der Waals surface area (Å²) in [5.74, 6) is -1.23. The van der Waals surface area contributed by atoms with Crippen LogP contribution in [0.15, 0.2) is 40.8 Å². The Labute approximate surface area is 106 Å². The molecule has 0 saturated carbocycles. The number of para-hydroxylation sites is 1. The second-order valence-electron chi connectivity index (χ2n) is 3.77. The van der Waals surface area contributed by atoms with Gasteiger partial charge in [0.1, 0.15) is 17.2 Å². The topological polar surface area (TPSA) is 26.0 Å². The van der Waals surface area contributed by atoms with E-state index in [1.165, 1.54) is 0 Å².